The average Bonchev–Trinajstić information content (AvgIpc) is 3.43. The van der Waals surface area contributed by atoms with Crippen LogP contribution in [-0.4, -0.2) is 46.9 Å². The lowest BCUT2D eigenvalue weighted by molar-refractivity contribution is -0.117. The van der Waals surface area contributed by atoms with E-state index in [0.717, 1.165) is 55.9 Å². The number of amides is 1. The highest BCUT2D eigenvalue weighted by Crippen LogP contribution is 2.40. The van der Waals surface area contributed by atoms with Gasteiger partial charge in [-0.1, -0.05) is 12.1 Å². The zero-order valence-electron chi connectivity index (χ0n) is 15.6. The zero-order valence-corrected chi connectivity index (χ0v) is 15.6. The van der Waals surface area contributed by atoms with Crippen LogP contribution in [0.15, 0.2) is 30.3 Å². The Bertz CT molecular complexity index is 829. The van der Waals surface area contributed by atoms with Gasteiger partial charge >= 0.3 is 0 Å². The van der Waals surface area contributed by atoms with Gasteiger partial charge in [0.05, 0.1) is 18.9 Å². The van der Waals surface area contributed by atoms with Gasteiger partial charge in [-0.3, -0.25) is 14.4 Å². The van der Waals surface area contributed by atoms with Crippen LogP contribution in [0.3, 0.4) is 0 Å². The first-order valence-electron chi connectivity index (χ1n) is 9.63. The molecule has 1 N–H and O–H groups in total. The molecule has 2 fully saturated rings. The molecule has 0 radical (unpaired) electrons. The number of anilines is 1. The average molecular weight is 390 g/mol. The summed E-state index contributed by atoms with van der Waals surface area (Å²) in [6.45, 7) is 3.79. The number of hydrogen-bond acceptors (Lipinski definition) is 4. The van der Waals surface area contributed by atoms with Gasteiger partial charge in [-0.2, -0.15) is 5.10 Å². The van der Waals surface area contributed by atoms with Gasteiger partial charge in [-0.25, -0.2) is 8.78 Å². The molecule has 8 heteroatoms. The summed E-state index contributed by atoms with van der Waals surface area (Å²) < 4.78 is 33.0. The number of rotatable bonds is 7. The Morgan fingerprint density at radius 3 is 2.75 bits per heavy atom. The maximum atomic E-state index is 13.3. The number of ether oxygens (including phenoxy) is 1. The smallest absolute Gasteiger partial charge is 0.280 e. The number of benzene rings is 1. The summed E-state index contributed by atoms with van der Waals surface area (Å²) in [5, 5.41) is 7.03. The predicted octanol–water partition coefficient (Wildman–Crippen LogP) is 3.17. The Hall–Kier alpha value is -2.32. The lowest BCUT2D eigenvalue weighted by Crippen LogP contribution is -2.35. The van der Waals surface area contributed by atoms with Crippen molar-refractivity contribution in [1.82, 2.24) is 14.7 Å². The van der Waals surface area contributed by atoms with E-state index in [0.29, 0.717) is 11.4 Å². The highest BCUT2D eigenvalue weighted by Gasteiger charge is 2.29. The lowest BCUT2D eigenvalue weighted by Gasteiger charge is -2.26. The monoisotopic (exact) mass is 390 g/mol. The van der Waals surface area contributed by atoms with Crippen molar-refractivity contribution in [2.45, 2.75) is 38.3 Å². The van der Waals surface area contributed by atoms with Crippen molar-refractivity contribution >= 4 is 11.6 Å². The molecule has 6 nitrogen and oxygen atoms in total. The molecular weight excluding hydrogens is 366 g/mol. The Kier molecular flexibility index (Phi) is 5.68. The summed E-state index contributed by atoms with van der Waals surface area (Å²) in [5.74, 6) is -0.102. The van der Waals surface area contributed by atoms with Gasteiger partial charge in [-0.05, 0) is 36.6 Å². The first-order chi connectivity index (χ1) is 13.6. The van der Waals surface area contributed by atoms with E-state index in [1.165, 1.54) is 6.07 Å². The third-order valence-electron chi connectivity index (χ3n) is 5.06. The van der Waals surface area contributed by atoms with Crippen molar-refractivity contribution in [3.05, 3.63) is 47.3 Å². The summed E-state index contributed by atoms with van der Waals surface area (Å²) >= 11 is 0. The second-order valence-corrected chi connectivity index (χ2v) is 7.36. The molecule has 1 aliphatic carbocycles. The van der Waals surface area contributed by atoms with Crippen molar-refractivity contribution in [1.29, 1.82) is 0 Å². The number of aromatic nitrogens is 2. The summed E-state index contributed by atoms with van der Waals surface area (Å²) in [4.78, 5) is 14.7. The van der Waals surface area contributed by atoms with E-state index in [4.69, 9.17) is 4.74 Å². The normalized spacial score (nSPS) is 17.8. The van der Waals surface area contributed by atoms with E-state index in [9.17, 15) is 13.6 Å². The van der Waals surface area contributed by atoms with Crippen LogP contribution < -0.4 is 5.32 Å². The highest BCUT2D eigenvalue weighted by molar-refractivity contribution is 5.90. The van der Waals surface area contributed by atoms with E-state index in [-0.39, 0.29) is 24.1 Å². The molecule has 4 rings (SSSR count). The molecule has 2 aliphatic rings. The van der Waals surface area contributed by atoms with Crippen LogP contribution in [0.1, 0.15) is 42.1 Å². The van der Waals surface area contributed by atoms with E-state index < -0.39 is 6.43 Å². The van der Waals surface area contributed by atoms with Crippen molar-refractivity contribution in [2.24, 2.45) is 0 Å². The molecule has 1 saturated heterocycles. The minimum Gasteiger partial charge on any atom is -0.379 e. The fourth-order valence-corrected chi connectivity index (χ4v) is 3.43. The maximum absolute atomic E-state index is 13.3. The third-order valence-corrected chi connectivity index (χ3v) is 5.06. The van der Waals surface area contributed by atoms with Crippen molar-refractivity contribution in [3.63, 3.8) is 0 Å². The summed E-state index contributed by atoms with van der Waals surface area (Å²) in [6.07, 6.45) is -0.700. The van der Waals surface area contributed by atoms with E-state index in [1.807, 2.05) is 18.2 Å². The van der Waals surface area contributed by atoms with Gasteiger partial charge in [0.25, 0.3) is 6.43 Å². The summed E-state index contributed by atoms with van der Waals surface area (Å²) in [7, 11) is 0. The van der Waals surface area contributed by atoms with Crippen molar-refractivity contribution < 1.29 is 18.3 Å². The SMILES string of the molecule is O=C(Cn1nc(C2CC2)cc1C(F)F)Nc1cccc(CN2CCOCC2)c1. The van der Waals surface area contributed by atoms with Gasteiger partial charge in [0.15, 0.2) is 0 Å². The molecule has 1 aliphatic heterocycles. The number of carbonyl (C=O) groups excluding carboxylic acids is 1. The Morgan fingerprint density at radius 2 is 2.04 bits per heavy atom. The van der Waals surface area contributed by atoms with E-state index in [2.05, 4.69) is 15.3 Å². The molecule has 1 aromatic carbocycles. The number of halogens is 2. The lowest BCUT2D eigenvalue weighted by atomic mass is 10.2. The minimum atomic E-state index is -2.65. The first kappa shape index (κ1) is 19.0. The van der Waals surface area contributed by atoms with Crippen molar-refractivity contribution in [2.75, 3.05) is 31.6 Å². The fraction of sp³-hybridized carbons (Fsp3) is 0.500. The van der Waals surface area contributed by atoms with Gasteiger partial charge in [0, 0.05) is 31.2 Å². The van der Waals surface area contributed by atoms with Gasteiger partial charge in [0.2, 0.25) is 5.91 Å². The maximum Gasteiger partial charge on any atom is 0.280 e. The first-order valence-corrected chi connectivity index (χ1v) is 9.63. The highest BCUT2D eigenvalue weighted by atomic mass is 19.3. The largest absolute Gasteiger partial charge is 0.379 e. The minimum absolute atomic E-state index is 0.196. The Labute approximate surface area is 162 Å². The van der Waals surface area contributed by atoms with Crippen LogP contribution in [0.25, 0.3) is 0 Å². The van der Waals surface area contributed by atoms with Crippen LogP contribution in [0, 0.1) is 0 Å². The molecule has 28 heavy (non-hydrogen) atoms. The number of carbonyl (C=O) groups is 1. The van der Waals surface area contributed by atoms with Crippen LogP contribution >= 0.6 is 0 Å². The molecule has 2 aromatic rings. The predicted molar refractivity (Wildman–Crippen MR) is 100 cm³/mol. The molecule has 1 aromatic heterocycles. The third kappa shape index (κ3) is 4.74. The molecular formula is C20H24F2N4O2. The Balaban J connectivity index is 1.39. The van der Waals surface area contributed by atoms with E-state index in [1.54, 1.807) is 6.07 Å². The number of alkyl halides is 2. The molecule has 150 valence electrons. The van der Waals surface area contributed by atoms with Crippen LogP contribution in [0.2, 0.25) is 0 Å². The van der Waals surface area contributed by atoms with E-state index >= 15 is 0 Å². The fourth-order valence-electron chi connectivity index (χ4n) is 3.43. The van der Waals surface area contributed by atoms with Crippen LogP contribution in [0.4, 0.5) is 14.5 Å². The Morgan fingerprint density at radius 1 is 1.25 bits per heavy atom. The molecule has 0 unspecified atom stereocenters. The van der Waals surface area contributed by atoms with Gasteiger partial charge in [-0.15, -0.1) is 0 Å². The standard InChI is InChI=1S/C20H24F2N4O2/c21-20(22)18-11-17(15-4-5-15)24-26(18)13-19(27)23-16-3-1-2-14(10-16)12-25-6-8-28-9-7-25/h1-3,10-11,15,20H,4-9,12-13H2,(H,23,27). The van der Waals surface area contributed by atoms with Crippen LogP contribution in [0.5, 0.6) is 0 Å². The molecule has 0 spiro atoms. The quantitative estimate of drug-likeness (QED) is 0.789. The second-order valence-electron chi connectivity index (χ2n) is 7.36. The molecule has 2 heterocycles. The molecule has 0 atom stereocenters. The number of nitrogens with one attached hydrogen (secondary N) is 1. The molecule has 1 saturated carbocycles. The molecule has 1 amide bonds. The van der Waals surface area contributed by atoms with Crippen molar-refractivity contribution in [3.8, 4) is 0 Å². The summed E-state index contributed by atoms with van der Waals surface area (Å²) in [5.41, 5.74) is 2.21. The molecule has 0 bridgehead atoms. The van der Waals surface area contributed by atoms with Gasteiger partial charge < -0.3 is 10.1 Å². The number of morpholine rings is 1. The number of hydrogen-bond donors (Lipinski definition) is 1. The topological polar surface area (TPSA) is 59.4 Å². The summed E-state index contributed by atoms with van der Waals surface area (Å²) in [6, 6.07) is 9.04. The number of nitrogens with zero attached hydrogens (tertiary/aromatic N) is 3. The van der Waals surface area contributed by atoms with Crippen LogP contribution in [-0.2, 0) is 22.6 Å². The second kappa shape index (κ2) is 8.36. The zero-order chi connectivity index (χ0) is 19.5. The van der Waals surface area contributed by atoms with Gasteiger partial charge in [0.1, 0.15) is 12.2 Å².